The Morgan fingerprint density at radius 2 is 2.12 bits per heavy atom. The lowest BCUT2D eigenvalue weighted by molar-refractivity contribution is -0.138. The smallest absolute Gasteiger partial charge is 0.293 e. The summed E-state index contributed by atoms with van der Waals surface area (Å²) < 4.78 is 4.55. The van der Waals surface area contributed by atoms with E-state index in [1.165, 1.54) is 0 Å². The third kappa shape index (κ3) is 8.65. The minimum absolute atomic E-state index is 0.0567. The highest BCUT2D eigenvalue weighted by atomic mass is 16.5. The number of carbonyl (C=O) groups is 2. The van der Waals surface area contributed by atoms with Crippen molar-refractivity contribution in [3.63, 3.8) is 0 Å². The molecule has 1 rings (SSSR count). The van der Waals surface area contributed by atoms with E-state index in [9.17, 15) is 9.59 Å². The van der Waals surface area contributed by atoms with E-state index in [4.69, 9.17) is 5.84 Å². The Labute approximate surface area is 102 Å². The van der Waals surface area contributed by atoms with Crippen LogP contribution in [0.2, 0.25) is 0 Å². The number of rotatable bonds is 2. The molecule has 17 heavy (non-hydrogen) atoms. The van der Waals surface area contributed by atoms with Crippen LogP contribution in [0, 0.1) is 0 Å². The molecule has 4 N–H and O–H groups in total. The van der Waals surface area contributed by atoms with Crippen LogP contribution >= 0.6 is 0 Å². The van der Waals surface area contributed by atoms with Crippen molar-refractivity contribution in [1.29, 1.82) is 0 Å². The maximum atomic E-state index is 10.9. The van der Waals surface area contributed by atoms with Crippen molar-refractivity contribution in [1.82, 2.24) is 10.7 Å². The van der Waals surface area contributed by atoms with E-state index in [0.717, 1.165) is 25.8 Å². The molecule has 1 heterocycles. The average molecular weight is 245 g/mol. The largest absolute Gasteiger partial charge is 0.462 e. The number of ether oxygens (including phenoxy) is 1. The molecule has 0 saturated carbocycles. The van der Waals surface area contributed by atoms with Crippen LogP contribution in [-0.2, 0) is 14.3 Å². The van der Waals surface area contributed by atoms with Crippen molar-refractivity contribution >= 4 is 12.4 Å². The second-order valence-corrected chi connectivity index (χ2v) is 4.84. The van der Waals surface area contributed by atoms with Crippen LogP contribution in [0.5, 0.6) is 0 Å². The Morgan fingerprint density at radius 1 is 1.47 bits per heavy atom. The van der Waals surface area contributed by atoms with Gasteiger partial charge in [0.15, 0.2) is 0 Å². The summed E-state index contributed by atoms with van der Waals surface area (Å²) in [6, 6.07) is -0.0567. The molecule has 0 aliphatic carbocycles. The Kier molecular flexibility index (Phi) is 7.49. The van der Waals surface area contributed by atoms with E-state index >= 15 is 0 Å². The molecule has 1 saturated heterocycles. The Hall–Kier alpha value is -1.14. The Morgan fingerprint density at radius 3 is 2.41 bits per heavy atom. The van der Waals surface area contributed by atoms with Gasteiger partial charge in [0.25, 0.3) is 12.4 Å². The number of carbonyl (C=O) groups excluding carboxylic acids is 2. The molecule has 1 fully saturated rings. The number of amides is 1. The molecule has 0 aromatic heterocycles. The minimum atomic E-state index is -0.318. The van der Waals surface area contributed by atoms with Crippen molar-refractivity contribution in [3.8, 4) is 0 Å². The van der Waals surface area contributed by atoms with Crippen molar-refractivity contribution in [2.75, 3.05) is 6.54 Å². The molecule has 0 bridgehead atoms. The van der Waals surface area contributed by atoms with E-state index in [1.807, 2.05) is 20.8 Å². The standard InChI is InChI=1S/C6H13N3O.C5H10O2/c7-9-6(10)5-3-1-2-4-8-5;1-5(2,3)7-4-6/h5,8H,1-4,7H2,(H,9,10);4H,1-3H3/t5-;/m0./s1. The predicted octanol–water partition coefficient (Wildman–Crippen LogP) is 0.0763. The molecule has 0 spiro atoms. The monoisotopic (exact) mass is 245 g/mol. The van der Waals surface area contributed by atoms with Gasteiger partial charge in [-0.25, -0.2) is 5.84 Å². The molecule has 1 atom stereocenters. The molecule has 6 heteroatoms. The summed E-state index contributed by atoms with van der Waals surface area (Å²) >= 11 is 0. The van der Waals surface area contributed by atoms with Gasteiger partial charge in [0.05, 0.1) is 6.04 Å². The van der Waals surface area contributed by atoms with Gasteiger partial charge in [-0.3, -0.25) is 15.0 Å². The Balaban J connectivity index is 0.000000325. The number of nitrogens with one attached hydrogen (secondary N) is 2. The number of hydrogen-bond donors (Lipinski definition) is 3. The number of hydrazine groups is 1. The average Bonchev–Trinajstić information content (AvgIpc) is 2.28. The van der Waals surface area contributed by atoms with E-state index < -0.39 is 0 Å². The van der Waals surface area contributed by atoms with Crippen molar-refractivity contribution < 1.29 is 14.3 Å². The fraction of sp³-hybridized carbons (Fsp3) is 0.818. The Bertz CT molecular complexity index is 233. The first-order chi connectivity index (χ1) is 7.90. The summed E-state index contributed by atoms with van der Waals surface area (Å²) in [6.07, 6.45) is 3.18. The van der Waals surface area contributed by atoms with Crippen LogP contribution in [0.15, 0.2) is 0 Å². The quantitative estimate of drug-likeness (QED) is 0.277. The summed E-state index contributed by atoms with van der Waals surface area (Å²) in [6.45, 7) is 6.85. The second kappa shape index (κ2) is 8.03. The van der Waals surface area contributed by atoms with E-state index in [-0.39, 0.29) is 17.6 Å². The minimum Gasteiger partial charge on any atom is -0.462 e. The van der Waals surface area contributed by atoms with Gasteiger partial charge in [-0.1, -0.05) is 6.42 Å². The molecule has 100 valence electrons. The summed E-state index contributed by atoms with van der Waals surface area (Å²) in [4.78, 5) is 20.5. The maximum absolute atomic E-state index is 10.9. The van der Waals surface area contributed by atoms with E-state index in [1.54, 1.807) is 0 Å². The fourth-order valence-electron chi connectivity index (χ4n) is 1.32. The summed E-state index contributed by atoms with van der Waals surface area (Å²) in [7, 11) is 0. The van der Waals surface area contributed by atoms with Gasteiger partial charge in [0.1, 0.15) is 5.60 Å². The van der Waals surface area contributed by atoms with Gasteiger partial charge in [-0.15, -0.1) is 0 Å². The normalized spacial score (nSPS) is 19.6. The lowest BCUT2D eigenvalue weighted by atomic mass is 10.1. The molecule has 1 aliphatic heterocycles. The van der Waals surface area contributed by atoms with Gasteiger partial charge < -0.3 is 10.1 Å². The molecular weight excluding hydrogens is 222 g/mol. The lowest BCUT2D eigenvalue weighted by Crippen LogP contribution is -2.48. The molecular formula is C11H23N3O3. The van der Waals surface area contributed by atoms with Crippen LogP contribution < -0.4 is 16.6 Å². The van der Waals surface area contributed by atoms with Crippen LogP contribution in [0.4, 0.5) is 0 Å². The number of nitrogens with two attached hydrogens (primary N) is 1. The summed E-state index contributed by atoms with van der Waals surface area (Å²) in [5.41, 5.74) is 1.82. The van der Waals surface area contributed by atoms with Gasteiger partial charge in [-0.05, 0) is 40.2 Å². The van der Waals surface area contributed by atoms with Gasteiger partial charge in [0.2, 0.25) is 0 Å². The highest BCUT2D eigenvalue weighted by Crippen LogP contribution is 2.05. The van der Waals surface area contributed by atoms with Gasteiger partial charge >= 0.3 is 0 Å². The van der Waals surface area contributed by atoms with Crippen LogP contribution in [-0.4, -0.2) is 30.6 Å². The number of piperidine rings is 1. The first-order valence-electron chi connectivity index (χ1n) is 5.76. The van der Waals surface area contributed by atoms with Gasteiger partial charge in [-0.2, -0.15) is 0 Å². The third-order valence-corrected chi connectivity index (χ3v) is 2.17. The van der Waals surface area contributed by atoms with E-state index in [2.05, 4.69) is 15.5 Å². The molecule has 0 aromatic carbocycles. The molecule has 0 unspecified atom stereocenters. The second-order valence-electron chi connectivity index (χ2n) is 4.84. The molecule has 1 amide bonds. The molecule has 0 radical (unpaired) electrons. The molecule has 0 aromatic rings. The zero-order valence-corrected chi connectivity index (χ0v) is 10.8. The fourth-order valence-corrected chi connectivity index (χ4v) is 1.32. The van der Waals surface area contributed by atoms with Crippen LogP contribution in [0.25, 0.3) is 0 Å². The van der Waals surface area contributed by atoms with E-state index in [0.29, 0.717) is 6.47 Å². The first-order valence-corrected chi connectivity index (χ1v) is 5.76. The molecule has 1 aliphatic rings. The topological polar surface area (TPSA) is 93.4 Å². The van der Waals surface area contributed by atoms with Crippen LogP contribution in [0.3, 0.4) is 0 Å². The lowest BCUT2D eigenvalue weighted by Gasteiger charge is -2.21. The highest BCUT2D eigenvalue weighted by molar-refractivity contribution is 5.81. The van der Waals surface area contributed by atoms with Crippen LogP contribution in [0.1, 0.15) is 40.0 Å². The third-order valence-electron chi connectivity index (χ3n) is 2.17. The van der Waals surface area contributed by atoms with Gasteiger partial charge in [0, 0.05) is 0 Å². The first kappa shape index (κ1) is 15.9. The predicted molar refractivity (Wildman–Crippen MR) is 64.9 cm³/mol. The molecule has 6 nitrogen and oxygen atoms in total. The zero-order chi connectivity index (χ0) is 13.3. The highest BCUT2D eigenvalue weighted by Gasteiger charge is 2.18. The SMILES string of the molecule is CC(C)(C)OC=O.NNC(=O)[C@@H]1CCCCN1. The number of hydrogen-bond acceptors (Lipinski definition) is 5. The summed E-state index contributed by atoms with van der Waals surface area (Å²) in [5.74, 6) is 4.87. The summed E-state index contributed by atoms with van der Waals surface area (Å²) in [5, 5.41) is 3.08. The van der Waals surface area contributed by atoms with Crippen molar-refractivity contribution in [2.24, 2.45) is 5.84 Å². The zero-order valence-electron chi connectivity index (χ0n) is 10.8. The maximum Gasteiger partial charge on any atom is 0.293 e. The van der Waals surface area contributed by atoms with Crippen molar-refractivity contribution in [2.45, 2.75) is 51.7 Å². The van der Waals surface area contributed by atoms with Crippen molar-refractivity contribution in [3.05, 3.63) is 0 Å².